The van der Waals surface area contributed by atoms with E-state index in [0.29, 0.717) is 95.6 Å². The second kappa shape index (κ2) is 30.7. The molecule has 4 atom stereocenters. The van der Waals surface area contributed by atoms with Crippen molar-refractivity contribution in [1.82, 2.24) is 39.8 Å². The third-order valence-electron chi connectivity index (χ3n) is 19.3. The molecule has 0 radical (unpaired) electrons. The van der Waals surface area contributed by atoms with Crippen molar-refractivity contribution in [2.45, 2.75) is 77.5 Å². The van der Waals surface area contributed by atoms with Gasteiger partial charge in [-0.3, -0.25) is 48.4 Å². The van der Waals surface area contributed by atoms with E-state index in [0.717, 1.165) is 80.4 Å². The fraction of sp³-hybridized carbons (Fsp3) is 0.355. The third kappa shape index (κ3) is 14.5. The molecule has 4 aliphatic heterocycles. The summed E-state index contributed by atoms with van der Waals surface area (Å²) in [6.07, 6.45) is 5.14. The maximum Gasteiger partial charge on any atom is 0.287 e. The van der Waals surface area contributed by atoms with Crippen LogP contribution in [0, 0.1) is 13.8 Å². The van der Waals surface area contributed by atoms with Crippen molar-refractivity contribution < 1.29 is 52.1 Å². The first-order valence-electron chi connectivity index (χ1n) is 33.2. The van der Waals surface area contributed by atoms with E-state index in [9.17, 15) is 28.8 Å². The van der Waals surface area contributed by atoms with E-state index >= 15 is 0 Å². The Bertz CT molecular complexity index is 4120. The van der Waals surface area contributed by atoms with Gasteiger partial charge in [0, 0.05) is 97.0 Å². The van der Waals surface area contributed by atoms with Gasteiger partial charge in [0.1, 0.15) is 5.76 Å². The Kier molecular flexibility index (Phi) is 21.5. The number of furan rings is 1. The summed E-state index contributed by atoms with van der Waals surface area (Å²) < 4.78 is 29.3. The number of rotatable bonds is 24. The number of benzene rings is 6. The molecule has 12 rings (SSSR count). The van der Waals surface area contributed by atoms with Crippen LogP contribution >= 0.6 is 0 Å². The van der Waals surface area contributed by atoms with Gasteiger partial charge in [-0.2, -0.15) is 0 Å². The van der Waals surface area contributed by atoms with Gasteiger partial charge in [-0.1, -0.05) is 84.9 Å². The Morgan fingerprint density at radius 3 is 1.33 bits per heavy atom. The number of aromatic nitrogens is 2. The van der Waals surface area contributed by atoms with E-state index in [-0.39, 0.29) is 53.3 Å². The Balaban J connectivity index is 0.000000197. The fourth-order valence-corrected chi connectivity index (χ4v) is 13.7. The van der Waals surface area contributed by atoms with Gasteiger partial charge in [-0.15, -0.1) is 0 Å². The van der Waals surface area contributed by atoms with Crippen LogP contribution in [0.4, 0.5) is 11.4 Å². The van der Waals surface area contributed by atoms with Gasteiger partial charge < -0.3 is 48.4 Å². The molecule has 0 aliphatic carbocycles. The van der Waals surface area contributed by atoms with Gasteiger partial charge >= 0.3 is 0 Å². The number of hydrogen-bond donors (Lipinski definition) is 2. The number of ether oxygens (including phenoxy) is 4. The van der Waals surface area contributed by atoms with Crippen molar-refractivity contribution in [3.05, 3.63) is 219 Å². The van der Waals surface area contributed by atoms with E-state index in [1.807, 2.05) is 74.5 Å². The SMILES string of the molecule is COc1ccc([C@@H](CCCNC(=O)c2cc(C)c(C)o2)N2C(=O)c3cccc(N4CCN([C@H](C)c5ccccc5)CC4)c3C2=O)cc1OC.COc1ccc([C@@H](CCCNC(=O)c2nccn2C)N2C(=O)c3cccc(N4CCN([C@H](C)c5ccccc5)CC4)c3C2=O)cc1OC. The second-order valence-electron chi connectivity index (χ2n) is 24.8. The normalized spacial score (nSPS) is 16.1. The van der Waals surface area contributed by atoms with Crippen molar-refractivity contribution in [2.75, 3.05) is 104 Å². The lowest BCUT2D eigenvalue weighted by Gasteiger charge is -2.39. The number of carbonyl (C=O) groups excluding carboxylic acids is 6. The predicted molar refractivity (Wildman–Crippen MR) is 370 cm³/mol. The number of carbonyl (C=O) groups is 6. The van der Waals surface area contributed by atoms with Crippen LogP contribution in [-0.4, -0.2) is 158 Å². The molecule has 2 aromatic heterocycles. The Hall–Kier alpha value is -10.3. The monoisotopic (exact) mass is 1310 g/mol. The number of piperazine rings is 2. The van der Waals surface area contributed by atoms with Crippen LogP contribution in [0.5, 0.6) is 23.0 Å². The zero-order valence-electron chi connectivity index (χ0n) is 56.7. The lowest BCUT2D eigenvalue weighted by molar-refractivity contribution is 0.0556. The van der Waals surface area contributed by atoms with Gasteiger partial charge in [-0.05, 0) is 136 Å². The van der Waals surface area contributed by atoms with Crippen molar-refractivity contribution in [3.8, 4) is 23.0 Å². The van der Waals surface area contributed by atoms with E-state index in [1.165, 1.54) is 20.9 Å². The molecular weight excluding hydrogens is 1230 g/mol. The molecule has 0 saturated carbocycles. The minimum Gasteiger partial charge on any atom is -0.493 e. The molecule has 97 heavy (non-hydrogen) atoms. The number of imide groups is 2. The summed E-state index contributed by atoms with van der Waals surface area (Å²) in [5.74, 6) is 1.49. The third-order valence-corrected chi connectivity index (χ3v) is 19.3. The van der Waals surface area contributed by atoms with E-state index in [4.69, 9.17) is 23.4 Å². The minimum absolute atomic E-state index is 0.259. The minimum atomic E-state index is -0.603. The highest BCUT2D eigenvalue weighted by Gasteiger charge is 2.45. The van der Waals surface area contributed by atoms with Crippen molar-refractivity contribution >= 4 is 46.8 Å². The van der Waals surface area contributed by atoms with Crippen LogP contribution in [-0.2, 0) is 7.05 Å². The number of amides is 6. The van der Waals surface area contributed by atoms with Gasteiger partial charge in [-0.25, -0.2) is 4.98 Å². The summed E-state index contributed by atoms with van der Waals surface area (Å²) in [6, 6.07) is 44.0. The highest BCUT2D eigenvalue weighted by Crippen LogP contribution is 2.43. The van der Waals surface area contributed by atoms with Crippen molar-refractivity contribution in [1.29, 1.82) is 0 Å². The van der Waals surface area contributed by atoms with Crippen LogP contribution < -0.4 is 39.4 Å². The number of imidazole rings is 1. The van der Waals surface area contributed by atoms with Crippen molar-refractivity contribution in [2.24, 2.45) is 7.05 Å². The first-order chi connectivity index (χ1) is 47.0. The Morgan fingerprint density at radius 2 is 0.938 bits per heavy atom. The van der Waals surface area contributed by atoms with Crippen molar-refractivity contribution in [3.63, 3.8) is 0 Å². The number of aryl methyl sites for hydroxylation is 3. The fourth-order valence-electron chi connectivity index (χ4n) is 13.7. The summed E-state index contributed by atoms with van der Waals surface area (Å²) in [5.41, 5.74) is 8.22. The Morgan fingerprint density at radius 1 is 0.505 bits per heavy atom. The maximum absolute atomic E-state index is 14.4. The summed E-state index contributed by atoms with van der Waals surface area (Å²) in [4.78, 5) is 98.7. The number of nitrogens with one attached hydrogen (secondary N) is 2. The second-order valence-corrected chi connectivity index (χ2v) is 24.8. The van der Waals surface area contributed by atoms with E-state index < -0.39 is 12.1 Å². The standard InChI is InChI=1S/C39H44N4O6.C37H42N6O5/c1-25-23-35(49-27(25)3)37(44)40-18-10-15-31(29-16-17-33(47-4)34(24-29)48-5)43-38(45)30-13-9-14-32(36(30)39(43)46)42-21-19-41(20-22-42)26(2)28-11-7-6-8-12-28;1-25(26-10-6-5-7-11-26)41-20-22-42(23-21-41)30-13-8-12-28-33(30)37(46)43(36(28)45)29(27-15-16-31(47-3)32(24-27)48-4)14-9-17-39-35(44)34-38-18-19-40(34)2/h6-9,11-14,16-17,23-24,26,31H,10,15,18-22H2,1-5H3,(H,40,44);5-8,10-13,15-16,18-19,24-25,29H,9,14,17,20-23H2,1-4H3,(H,39,44)/t26-,31-;25-,29-/m11/s1. The Labute approximate surface area is 566 Å². The lowest BCUT2D eigenvalue weighted by Crippen LogP contribution is -2.47. The summed E-state index contributed by atoms with van der Waals surface area (Å²) in [5, 5.41) is 5.83. The highest BCUT2D eigenvalue weighted by atomic mass is 16.5. The van der Waals surface area contributed by atoms with Crippen LogP contribution in [0.15, 0.2) is 156 Å². The number of anilines is 2. The average molecular weight is 1320 g/mol. The smallest absolute Gasteiger partial charge is 0.287 e. The van der Waals surface area contributed by atoms with Gasteiger partial charge in [0.2, 0.25) is 0 Å². The molecule has 0 bridgehead atoms. The van der Waals surface area contributed by atoms with Crippen LogP contribution in [0.25, 0.3) is 0 Å². The summed E-state index contributed by atoms with van der Waals surface area (Å²) >= 11 is 0. The molecule has 6 amide bonds. The molecule has 2 saturated heterocycles. The first kappa shape index (κ1) is 68.1. The zero-order chi connectivity index (χ0) is 68.4. The van der Waals surface area contributed by atoms with Crippen LogP contribution in [0.3, 0.4) is 0 Å². The topological polar surface area (TPSA) is 214 Å². The predicted octanol–water partition coefficient (Wildman–Crippen LogP) is 11.2. The summed E-state index contributed by atoms with van der Waals surface area (Å²) in [6.45, 7) is 15.1. The molecule has 8 aromatic rings. The molecule has 6 heterocycles. The number of fused-ring (bicyclic) bond motifs is 2. The average Bonchev–Trinajstić information content (AvgIpc) is 1.61. The molecule has 6 aromatic carbocycles. The molecule has 21 heteroatoms. The first-order valence-corrected chi connectivity index (χ1v) is 33.2. The molecule has 2 N–H and O–H groups in total. The molecule has 0 spiro atoms. The van der Waals surface area contributed by atoms with Crippen LogP contribution in [0.2, 0.25) is 0 Å². The molecule has 0 unspecified atom stereocenters. The zero-order valence-corrected chi connectivity index (χ0v) is 56.7. The lowest BCUT2D eigenvalue weighted by atomic mass is 9.99. The van der Waals surface area contributed by atoms with E-state index in [1.54, 1.807) is 82.8 Å². The number of methoxy groups -OCH3 is 4. The quantitative estimate of drug-likeness (QED) is 0.0425. The largest absolute Gasteiger partial charge is 0.493 e. The molecule has 506 valence electrons. The molecule has 21 nitrogen and oxygen atoms in total. The van der Waals surface area contributed by atoms with Gasteiger partial charge in [0.25, 0.3) is 35.4 Å². The summed E-state index contributed by atoms with van der Waals surface area (Å²) in [7, 11) is 7.99. The van der Waals surface area contributed by atoms with Gasteiger partial charge in [0.15, 0.2) is 34.6 Å². The van der Waals surface area contributed by atoms with Gasteiger partial charge in [0.05, 0.1) is 74.2 Å². The highest BCUT2D eigenvalue weighted by molar-refractivity contribution is 6.25. The molecular formula is C76H86N10O11. The molecule has 2 fully saturated rings. The number of nitrogens with zero attached hydrogens (tertiary/aromatic N) is 8. The van der Waals surface area contributed by atoms with Crippen LogP contribution in [0.1, 0.15) is 160 Å². The van der Waals surface area contributed by atoms with E-state index in [2.05, 4.69) is 97.6 Å². The maximum atomic E-state index is 14.4. The molecule has 4 aliphatic rings. The number of hydrogen-bond acceptors (Lipinski definition) is 16.